The van der Waals surface area contributed by atoms with Crippen LogP contribution >= 0.6 is 0 Å². The molecular weight excluding hydrogens is 732 g/mol. The van der Waals surface area contributed by atoms with Crippen LogP contribution in [0.15, 0.2) is 67.1 Å². The summed E-state index contributed by atoms with van der Waals surface area (Å²) in [6.45, 7) is 7.29. The van der Waals surface area contributed by atoms with Crippen LogP contribution in [0.25, 0.3) is 0 Å². The van der Waals surface area contributed by atoms with E-state index in [0.29, 0.717) is 30.5 Å². The first kappa shape index (κ1) is 44.0. The maximum Gasteiger partial charge on any atom is 0.308 e. The molecule has 16 heteroatoms. The Balaban J connectivity index is 1.52. The summed E-state index contributed by atoms with van der Waals surface area (Å²) in [4.78, 5) is 89.5. The lowest BCUT2D eigenvalue weighted by molar-refractivity contribution is -0.143. The zero-order chi connectivity index (χ0) is 41.6. The van der Waals surface area contributed by atoms with Gasteiger partial charge in [0.25, 0.3) is 0 Å². The van der Waals surface area contributed by atoms with Crippen LogP contribution in [0.2, 0.25) is 0 Å². The van der Waals surface area contributed by atoms with Gasteiger partial charge in [-0.15, -0.1) is 0 Å². The lowest BCUT2D eigenvalue weighted by Gasteiger charge is -2.31. The van der Waals surface area contributed by atoms with Crippen molar-refractivity contribution in [1.82, 2.24) is 36.1 Å². The number of nitrogens with two attached hydrogens (primary N) is 1. The Kier molecular flexibility index (Phi) is 16.2. The van der Waals surface area contributed by atoms with Gasteiger partial charge in [0.1, 0.15) is 29.9 Å². The van der Waals surface area contributed by atoms with Gasteiger partial charge in [0.15, 0.2) is 0 Å². The van der Waals surface area contributed by atoms with E-state index >= 15 is 0 Å². The summed E-state index contributed by atoms with van der Waals surface area (Å²) in [5, 5.41) is 30.7. The molecule has 5 amide bonds. The Labute approximate surface area is 332 Å². The van der Waals surface area contributed by atoms with Crippen LogP contribution in [0.5, 0.6) is 5.75 Å². The van der Waals surface area contributed by atoms with Crippen LogP contribution in [-0.2, 0) is 48.0 Å². The second-order valence-electron chi connectivity index (χ2n) is 15.1. The number of hydrogen-bond donors (Lipinski definition) is 8. The molecule has 308 valence electrons. The summed E-state index contributed by atoms with van der Waals surface area (Å²) in [7, 11) is 0. The molecule has 1 saturated heterocycles. The largest absolute Gasteiger partial charge is 0.508 e. The van der Waals surface area contributed by atoms with E-state index in [9.17, 15) is 39.0 Å². The van der Waals surface area contributed by atoms with E-state index in [0.717, 1.165) is 5.56 Å². The van der Waals surface area contributed by atoms with Crippen LogP contribution in [0, 0.1) is 17.8 Å². The number of phenols is 1. The molecule has 57 heavy (non-hydrogen) atoms. The molecule has 9 N–H and O–H groups in total. The number of carbonyl (C=O) groups excluding carboxylic acids is 5. The van der Waals surface area contributed by atoms with Crippen LogP contribution in [0.3, 0.4) is 0 Å². The number of aromatic nitrogens is 2. The van der Waals surface area contributed by atoms with Gasteiger partial charge in [0.2, 0.25) is 29.5 Å². The fraction of sp³-hybridized carbons (Fsp3) is 0.488. The van der Waals surface area contributed by atoms with Crippen molar-refractivity contribution in [3.05, 3.63) is 83.9 Å². The number of nitrogens with one attached hydrogen (secondary N) is 5. The number of aromatic hydroxyl groups is 1. The van der Waals surface area contributed by atoms with Gasteiger partial charge in [-0.3, -0.25) is 28.8 Å². The van der Waals surface area contributed by atoms with E-state index in [1.54, 1.807) is 32.9 Å². The first-order valence-electron chi connectivity index (χ1n) is 19.4. The molecule has 7 atom stereocenters. The van der Waals surface area contributed by atoms with Crippen molar-refractivity contribution in [2.75, 3.05) is 13.1 Å². The predicted molar refractivity (Wildman–Crippen MR) is 211 cm³/mol. The minimum atomic E-state index is -1.17. The van der Waals surface area contributed by atoms with Crippen molar-refractivity contribution >= 4 is 35.5 Å². The van der Waals surface area contributed by atoms with E-state index in [4.69, 9.17) is 5.73 Å². The zero-order valence-electron chi connectivity index (χ0n) is 32.9. The molecule has 1 unspecified atom stereocenters. The average molecular weight is 789 g/mol. The number of imidazole rings is 1. The molecule has 0 bridgehead atoms. The van der Waals surface area contributed by atoms with Crippen LogP contribution in [0.4, 0.5) is 0 Å². The molecule has 3 aromatic rings. The SMILES string of the molecule is CC[C@H](C)[C@H](NC(=O)[C@H](Cc1ccc(O)cc1)NC(=O)[C@@H](N)C(C)C)C(=O)N[C@@H](Cc1cnc[nH]1)C(=O)N1CCC[C@H]1C(=O)NCC(Cc1ccccc1)C(=O)O. The summed E-state index contributed by atoms with van der Waals surface area (Å²) < 4.78 is 0. The molecule has 0 radical (unpaired) electrons. The van der Waals surface area contributed by atoms with Crippen LogP contribution in [0.1, 0.15) is 63.8 Å². The van der Waals surface area contributed by atoms with E-state index < -0.39 is 77.6 Å². The van der Waals surface area contributed by atoms with Crippen molar-refractivity contribution in [2.45, 2.75) is 96.4 Å². The van der Waals surface area contributed by atoms with Gasteiger partial charge in [-0.1, -0.05) is 76.6 Å². The molecule has 1 aliphatic heterocycles. The number of aromatic amines is 1. The number of nitrogens with zero attached hydrogens (tertiary/aromatic N) is 2. The fourth-order valence-electron chi connectivity index (χ4n) is 6.67. The maximum atomic E-state index is 14.3. The first-order chi connectivity index (χ1) is 27.2. The van der Waals surface area contributed by atoms with Gasteiger partial charge in [0.05, 0.1) is 18.3 Å². The third kappa shape index (κ3) is 12.6. The second-order valence-corrected chi connectivity index (χ2v) is 15.1. The first-order valence-corrected chi connectivity index (χ1v) is 19.4. The molecule has 0 saturated carbocycles. The molecule has 2 heterocycles. The minimum Gasteiger partial charge on any atom is -0.508 e. The summed E-state index contributed by atoms with van der Waals surface area (Å²) in [5.74, 6) is -5.39. The molecule has 0 spiro atoms. The average Bonchev–Trinajstić information content (AvgIpc) is 3.91. The van der Waals surface area contributed by atoms with Gasteiger partial charge in [-0.25, -0.2) is 4.98 Å². The van der Waals surface area contributed by atoms with Crippen molar-refractivity contribution in [3.63, 3.8) is 0 Å². The third-order valence-corrected chi connectivity index (χ3v) is 10.5. The lowest BCUT2D eigenvalue weighted by atomic mass is 9.96. The Hall–Kier alpha value is -5.77. The van der Waals surface area contributed by atoms with Gasteiger partial charge >= 0.3 is 5.97 Å². The van der Waals surface area contributed by atoms with E-state index in [2.05, 4.69) is 31.2 Å². The smallest absolute Gasteiger partial charge is 0.308 e. The summed E-state index contributed by atoms with van der Waals surface area (Å²) >= 11 is 0. The number of hydrogen-bond acceptors (Lipinski definition) is 9. The molecule has 1 aromatic heterocycles. The fourth-order valence-corrected chi connectivity index (χ4v) is 6.67. The van der Waals surface area contributed by atoms with Crippen molar-refractivity contribution < 1.29 is 39.0 Å². The molecule has 4 rings (SSSR count). The number of aliphatic carboxylic acids is 1. The summed E-state index contributed by atoms with van der Waals surface area (Å²) in [5.41, 5.74) is 8.09. The summed E-state index contributed by atoms with van der Waals surface area (Å²) in [6.07, 6.45) is 4.55. The number of carboxylic acids is 1. The van der Waals surface area contributed by atoms with Gasteiger partial charge < -0.3 is 47.1 Å². The normalized spacial score (nSPS) is 17.1. The monoisotopic (exact) mass is 788 g/mol. The van der Waals surface area contributed by atoms with E-state index in [1.165, 1.54) is 29.6 Å². The number of benzene rings is 2. The number of phenolic OH excluding ortho intramolecular Hbond substituents is 1. The molecular formula is C41H56N8O8. The summed E-state index contributed by atoms with van der Waals surface area (Å²) in [6, 6.07) is 10.0. The number of H-pyrrole nitrogens is 1. The minimum absolute atomic E-state index is 0.00136. The number of carbonyl (C=O) groups is 6. The number of amides is 5. The third-order valence-electron chi connectivity index (χ3n) is 10.5. The highest BCUT2D eigenvalue weighted by atomic mass is 16.4. The van der Waals surface area contributed by atoms with Crippen molar-refractivity contribution in [3.8, 4) is 5.75 Å². The highest BCUT2D eigenvalue weighted by molar-refractivity contribution is 5.96. The van der Waals surface area contributed by atoms with Gasteiger partial charge in [0, 0.05) is 37.8 Å². The number of rotatable bonds is 20. The Bertz CT molecular complexity index is 1800. The lowest BCUT2D eigenvalue weighted by Crippen LogP contribution is -2.61. The maximum absolute atomic E-state index is 14.3. The van der Waals surface area contributed by atoms with Gasteiger partial charge in [-0.2, -0.15) is 0 Å². The van der Waals surface area contributed by atoms with E-state index in [1.807, 2.05) is 37.3 Å². The Morgan fingerprint density at radius 2 is 1.54 bits per heavy atom. The second kappa shape index (κ2) is 20.9. The highest BCUT2D eigenvalue weighted by Crippen LogP contribution is 2.21. The van der Waals surface area contributed by atoms with Crippen molar-refractivity contribution in [1.29, 1.82) is 0 Å². The highest BCUT2D eigenvalue weighted by Gasteiger charge is 2.40. The van der Waals surface area contributed by atoms with E-state index in [-0.39, 0.29) is 44.0 Å². The topological polar surface area (TPSA) is 249 Å². The zero-order valence-corrected chi connectivity index (χ0v) is 32.9. The number of likely N-dealkylation sites (tertiary alicyclic amines) is 1. The molecule has 1 fully saturated rings. The van der Waals surface area contributed by atoms with Gasteiger partial charge in [-0.05, 0) is 54.4 Å². The standard InChI is InChI=1S/C41H56N8O8/c1-5-25(4)35(48-36(51)31(46-38(53)34(42)24(2)3)19-27-13-15-30(50)16-14-27)39(54)47-32(20-29-22-43-23-45-29)40(55)49-17-9-12-33(49)37(52)44-21-28(41(56)57)18-26-10-7-6-8-11-26/h6-8,10-11,13-16,22-25,28,31-35,50H,5,9,12,17-21,42H2,1-4H3,(H,43,45)(H,44,52)(H,46,53)(H,47,54)(H,48,51)(H,56,57)/t25-,28?,31-,32-,33-,34-,35-/m0/s1. The Morgan fingerprint density at radius 1 is 0.877 bits per heavy atom. The van der Waals surface area contributed by atoms with Crippen molar-refractivity contribution in [2.24, 2.45) is 23.5 Å². The predicted octanol–water partition coefficient (Wildman–Crippen LogP) is 1.44. The molecule has 2 aromatic carbocycles. The quantitative estimate of drug-likeness (QED) is 0.0818. The molecule has 1 aliphatic rings. The van der Waals surface area contributed by atoms with Crippen LogP contribution < -0.4 is 27.0 Å². The molecule has 0 aliphatic carbocycles. The Morgan fingerprint density at radius 3 is 2.16 bits per heavy atom. The van der Waals surface area contributed by atoms with Crippen LogP contribution in [-0.4, -0.2) is 104 Å². The number of carboxylic acid groups (broad SMARTS) is 1. The molecule has 16 nitrogen and oxygen atoms in total.